The second-order valence-corrected chi connectivity index (χ2v) is 9.44. The summed E-state index contributed by atoms with van der Waals surface area (Å²) in [6.07, 6.45) is 4.39. The highest BCUT2D eigenvalue weighted by molar-refractivity contribution is 8.06. The number of allylic oxidation sites excluding steroid dienone is 1. The topological polar surface area (TPSA) is 52.7 Å². The third kappa shape index (κ3) is 4.18. The number of nitrogens with zero attached hydrogens (tertiary/aromatic N) is 2. The van der Waals surface area contributed by atoms with E-state index in [0.717, 1.165) is 31.5 Å². The first-order valence-electron chi connectivity index (χ1n) is 9.42. The molecule has 0 radical (unpaired) electrons. The molecule has 5 nitrogen and oxygen atoms in total. The largest absolute Gasteiger partial charge is 0.351 e. The van der Waals surface area contributed by atoms with E-state index in [1.54, 1.807) is 0 Å². The van der Waals surface area contributed by atoms with Gasteiger partial charge < -0.3 is 15.1 Å². The molecule has 4 rings (SSSR count). The molecule has 3 aliphatic rings. The van der Waals surface area contributed by atoms with Crippen LogP contribution >= 0.6 is 23.4 Å². The van der Waals surface area contributed by atoms with Gasteiger partial charge in [0.05, 0.1) is 9.61 Å². The highest BCUT2D eigenvalue weighted by atomic mass is 35.5. The lowest BCUT2D eigenvalue weighted by atomic mass is 9.97. The molecule has 2 amide bonds. The van der Waals surface area contributed by atoms with Gasteiger partial charge in [-0.3, -0.25) is 9.59 Å². The molecular weight excluding hydrogens is 382 g/mol. The van der Waals surface area contributed by atoms with Gasteiger partial charge in [-0.25, -0.2) is 0 Å². The Morgan fingerprint density at radius 2 is 2.11 bits per heavy atom. The maximum Gasteiger partial charge on any atom is 0.253 e. The number of likely N-dealkylation sites (N-methyl/N-ethyl adjacent to an activating group) is 1. The molecule has 0 aliphatic carbocycles. The van der Waals surface area contributed by atoms with Gasteiger partial charge in [-0.05, 0) is 49.6 Å². The van der Waals surface area contributed by atoms with E-state index in [1.807, 2.05) is 23.1 Å². The first kappa shape index (κ1) is 18.8. The lowest BCUT2D eigenvalue weighted by Crippen LogP contribution is -2.42. The van der Waals surface area contributed by atoms with Gasteiger partial charge in [0, 0.05) is 37.8 Å². The van der Waals surface area contributed by atoms with Gasteiger partial charge in [-0.1, -0.05) is 23.7 Å². The molecule has 144 valence electrons. The quantitative estimate of drug-likeness (QED) is 0.839. The minimum atomic E-state index is -0.139. The summed E-state index contributed by atoms with van der Waals surface area (Å²) in [5.41, 5.74) is 3.34. The molecule has 27 heavy (non-hydrogen) atoms. The van der Waals surface area contributed by atoms with Crippen molar-refractivity contribution >= 4 is 35.2 Å². The van der Waals surface area contributed by atoms with Crippen molar-refractivity contribution in [2.24, 2.45) is 0 Å². The highest BCUT2D eigenvalue weighted by Crippen LogP contribution is 2.35. The number of rotatable bonds is 3. The average molecular weight is 406 g/mol. The fourth-order valence-corrected chi connectivity index (χ4v) is 5.21. The zero-order valence-corrected chi connectivity index (χ0v) is 17.0. The number of likely N-dealkylation sites (tertiary alicyclic amines) is 1. The van der Waals surface area contributed by atoms with Crippen LogP contribution in [0.25, 0.3) is 0 Å². The predicted octanol–water partition coefficient (Wildman–Crippen LogP) is 2.59. The number of nitrogens with one attached hydrogen (secondary N) is 1. The van der Waals surface area contributed by atoms with Crippen LogP contribution in [0.3, 0.4) is 0 Å². The summed E-state index contributed by atoms with van der Waals surface area (Å²) in [6, 6.07) is 6.10. The molecule has 1 fully saturated rings. The van der Waals surface area contributed by atoms with Crippen molar-refractivity contribution in [1.82, 2.24) is 15.1 Å². The number of hydrogen-bond acceptors (Lipinski definition) is 4. The van der Waals surface area contributed by atoms with Crippen LogP contribution in [-0.2, 0) is 17.8 Å². The van der Waals surface area contributed by atoms with Crippen LogP contribution in [0.4, 0.5) is 0 Å². The highest BCUT2D eigenvalue weighted by Gasteiger charge is 2.31. The van der Waals surface area contributed by atoms with Gasteiger partial charge in [-0.15, -0.1) is 11.8 Å². The Morgan fingerprint density at radius 3 is 2.89 bits per heavy atom. The number of carbonyl (C=O) groups excluding carboxylic acids is 2. The van der Waals surface area contributed by atoms with E-state index in [-0.39, 0.29) is 23.1 Å². The van der Waals surface area contributed by atoms with Gasteiger partial charge in [0.2, 0.25) is 5.91 Å². The van der Waals surface area contributed by atoms with E-state index in [1.165, 1.54) is 22.9 Å². The smallest absolute Gasteiger partial charge is 0.253 e. The van der Waals surface area contributed by atoms with Crippen molar-refractivity contribution in [3.05, 3.63) is 45.3 Å². The number of carbonyl (C=O) groups is 2. The van der Waals surface area contributed by atoms with Crippen LogP contribution < -0.4 is 5.32 Å². The summed E-state index contributed by atoms with van der Waals surface area (Å²) < 4.78 is 0.691. The molecule has 1 N–H and O–H groups in total. The van der Waals surface area contributed by atoms with E-state index >= 15 is 0 Å². The molecule has 3 heterocycles. The maximum absolute atomic E-state index is 12.9. The molecule has 1 saturated heterocycles. The summed E-state index contributed by atoms with van der Waals surface area (Å²) in [5, 5.41) is 2.94. The van der Waals surface area contributed by atoms with Gasteiger partial charge in [0.15, 0.2) is 0 Å². The standard InChI is InChI=1S/C20H24ClN3O2S/c1-23-8-6-13-2-3-14(10-15(13)11-23)20(26)24-9-7-16(12-24)22-19(25)17-4-5-18(21)27-17/h2-3,5,10,16-17H,4,6-9,11-12H2,1H3,(H,22,25). The molecule has 2 atom stereocenters. The van der Waals surface area contributed by atoms with Crippen LogP contribution in [0.15, 0.2) is 28.6 Å². The Labute approximate surface area is 169 Å². The van der Waals surface area contributed by atoms with Crippen molar-refractivity contribution in [3.8, 4) is 0 Å². The van der Waals surface area contributed by atoms with Gasteiger partial charge >= 0.3 is 0 Å². The SMILES string of the molecule is CN1CCc2ccc(C(=O)N3CCC(NC(=O)C4CC=C(Cl)S4)C3)cc2C1. The monoisotopic (exact) mass is 405 g/mol. The number of amides is 2. The Hall–Kier alpha value is -1.50. The van der Waals surface area contributed by atoms with E-state index in [9.17, 15) is 9.59 Å². The molecule has 0 aromatic heterocycles. The first-order valence-corrected chi connectivity index (χ1v) is 10.7. The second-order valence-electron chi connectivity index (χ2n) is 7.57. The third-order valence-electron chi connectivity index (χ3n) is 5.52. The summed E-state index contributed by atoms with van der Waals surface area (Å²) in [5.74, 6) is 0.0748. The van der Waals surface area contributed by atoms with E-state index < -0.39 is 0 Å². The average Bonchev–Trinajstić information content (AvgIpc) is 3.29. The van der Waals surface area contributed by atoms with Crippen molar-refractivity contribution in [1.29, 1.82) is 0 Å². The van der Waals surface area contributed by atoms with Crippen LogP contribution in [0.1, 0.15) is 34.3 Å². The van der Waals surface area contributed by atoms with E-state index in [4.69, 9.17) is 11.6 Å². The summed E-state index contributed by atoms with van der Waals surface area (Å²) in [4.78, 5) is 29.4. The lowest BCUT2D eigenvalue weighted by Gasteiger charge is -2.26. The zero-order valence-electron chi connectivity index (χ0n) is 15.4. The van der Waals surface area contributed by atoms with Crippen molar-refractivity contribution in [2.75, 3.05) is 26.7 Å². The van der Waals surface area contributed by atoms with E-state index in [0.29, 0.717) is 23.9 Å². The molecular formula is C20H24ClN3O2S. The van der Waals surface area contributed by atoms with Crippen molar-refractivity contribution < 1.29 is 9.59 Å². The van der Waals surface area contributed by atoms with Crippen LogP contribution in [0.5, 0.6) is 0 Å². The molecule has 2 unspecified atom stereocenters. The normalized spacial score (nSPS) is 25.3. The Kier molecular flexibility index (Phi) is 5.48. The predicted molar refractivity (Wildman–Crippen MR) is 109 cm³/mol. The van der Waals surface area contributed by atoms with Gasteiger partial charge in [-0.2, -0.15) is 0 Å². The maximum atomic E-state index is 12.9. The van der Waals surface area contributed by atoms with Crippen LogP contribution in [0.2, 0.25) is 0 Å². The van der Waals surface area contributed by atoms with Crippen molar-refractivity contribution in [2.45, 2.75) is 37.1 Å². The molecule has 3 aliphatic heterocycles. The van der Waals surface area contributed by atoms with Gasteiger partial charge in [0.25, 0.3) is 5.91 Å². The fourth-order valence-electron chi connectivity index (χ4n) is 3.96. The molecule has 1 aromatic rings. The van der Waals surface area contributed by atoms with Crippen molar-refractivity contribution in [3.63, 3.8) is 0 Å². The molecule has 0 spiro atoms. The number of hydrogen-bond donors (Lipinski definition) is 1. The summed E-state index contributed by atoms with van der Waals surface area (Å²) in [6.45, 7) is 3.20. The Bertz CT molecular complexity index is 797. The molecule has 0 bridgehead atoms. The lowest BCUT2D eigenvalue weighted by molar-refractivity contribution is -0.121. The van der Waals surface area contributed by atoms with Crippen LogP contribution in [0, 0.1) is 0 Å². The minimum absolute atomic E-state index is 0.0167. The Balaban J connectivity index is 1.35. The number of benzene rings is 1. The molecule has 7 heteroatoms. The second kappa shape index (κ2) is 7.86. The minimum Gasteiger partial charge on any atom is -0.351 e. The van der Waals surface area contributed by atoms with Gasteiger partial charge in [0.1, 0.15) is 0 Å². The number of thioether (sulfide) groups is 1. The number of fused-ring (bicyclic) bond motifs is 1. The van der Waals surface area contributed by atoms with Crippen LogP contribution in [-0.4, -0.2) is 59.6 Å². The first-order chi connectivity index (χ1) is 13.0. The third-order valence-corrected chi connectivity index (χ3v) is 7.02. The molecule has 0 saturated carbocycles. The summed E-state index contributed by atoms with van der Waals surface area (Å²) in [7, 11) is 2.11. The Morgan fingerprint density at radius 1 is 1.26 bits per heavy atom. The summed E-state index contributed by atoms with van der Waals surface area (Å²) >= 11 is 7.35. The molecule has 1 aromatic carbocycles. The number of halogens is 1. The fraction of sp³-hybridized carbons (Fsp3) is 0.500. The zero-order chi connectivity index (χ0) is 19.0. The van der Waals surface area contributed by atoms with E-state index in [2.05, 4.69) is 23.3 Å².